The molecule has 0 fully saturated rings. The molecule has 0 aromatic heterocycles. The smallest absolute Gasteiger partial charge is 0.209 e. The molecule has 1 aromatic rings. The summed E-state index contributed by atoms with van der Waals surface area (Å²) < 4.78 is 5.60. The number of halogens is 3. The van der Waals surface area contributed by atoms with Crippen LogP contribution in [-0.4, -0.2) is 41.6 Å². The number of ether oxygens (including phenoxy) is 1. The Bertz CT molecular complexity index is 627. The molecule has 2 rings (SSSR count). The Balaban J connectivity index is 1.79. The molecule has 134 valence electrons. The summed E-state index contributed by atoms with van der Waals surface area (Å²) >= 11 is 17.9. The van der Waals surface area contributed by atoms with Crippen LogP contribution in [-0.2, 0) is 4.84 Å². The lowest BCUT2D eigenvalue weighted by atomic mass is 10.2. The topological polar surface area (TPSA) is 89.3 Å². The third kappa shape index (κ3) is 4.78. The van der Waals surface area contributed by atoms with Crippen LogP contribution >= 0.6 is 34.8 Å². The van der Waals surface area contributed by atoms with E-state index in [9.17, 15) is 0 Å². The SMILES string of the molecule is CC1(C)N=C(N)N(N)CN1OCCCOc1cc(Cl)c(Cl)cc1Cl. The maximum Gasteiger partial charge on any atom is 0.209 e. The van der Waals surface area contributed by atoms with Crippen molar-refractivity contribution in [2.75, 3.05) is 19.9 Å². The summed E-state index contributed by atoms with van der Waals surface area (Å²) in [6.07, 6.45) is 0.632. The molecule has 7 nitrogen and oxygen atoms in total. The van der Waals surface area contributed by atoms with Crippen molar-refractivity contribution in [3.05, 3.63) is 27.2 Å². The summed E-state index contributed by atoms with van der Waals surface area (Å²) in [5, 5.41) is 4.16. The summed E-state index contributed by atoms with van der Waals surface area (Å²) in [7, 11) is 0. The average Bonchev–Trinajstić information content (AvgIpc) is 2.48. The average molecular weight is 397 g/mol. The van der Waals surface area contributed by atoms with E-state index < -0.39 is 5.66 Å². The van der Waals surface area contributed by atoms with Crippen molar-refractivity contribution in [2.24, 2.45) is 16.6 Å². The Kier molecular flexibility index (Phi) is 6.41. The van der Waals surface area contributed by atoms with E-state index in [0.717, 1.165) is 0 Å². The van der Waals surface area contributed by atoms with Gasteiger partial charge in [0.25, 0.3) is 0 Å². The number of hydrogen-bond donors (Lipinski definition) is 2. The summed E-state index contributed by atoms with van der Waals surface area (Å²) in [6.45, 7) is 4.93. The summed E-state index contributed by atoms with van der Waals surface area (Å²) in [4.78, 5) is 9.99. The van der Waals surface area contributed by atoms with Crippen molar-refractivity contribution in [1.29, 1.82) is 0 Å². The van der Waals surface area contributed by atoms with E-state index in [-0.39, 0.29) is 5.96 Å². The fourth-order valence-electron chi connectivity index (χ4n) is 2.01. The van der Waals surface area contributed by atoms with Crippen LogP contribution in [0.3, 0.4) is 0 Å². The van der Waals surface area contributed by atoms with Gasteiger partial charge in [-0.3, -0.25) is 9.85 Å². The molecule has 0 saturated carbocycles. The second-order valence-corrected chi connectivity index (χ2v) is 6.91. The van der Waals surface area contributed by atoms with Crippen LogP contribution < -0.4 is 16.3 Å². The fraction of sp³-hybridized carbons (Fsp3) is 0.500. The van der Waals surface area contributed by atoms with Crippen LogP contribution in [0.1, 0.15) is 20.3 Å². The Hall–Kier alpha value is -0.960. The number of nitrogens with zero attached hydrogens (tertiary/aromatic N) is 3. The van der Waals surface area contributed by atoms with Gasteiger partial charge in [0.2, 0.25) is 5.96 Å². The number of rotatable bonds is 6. The van der Waals surface area contributed by atoms with Gasteiger partial charge < -0.3 is 10.5 Å². The zero-order valence-electron chi connectivity index (χ0n) is 13.4. The van der Waals surface area contributed by atoms with Crippen LogP contribution in [0.5, 0.6) is 5.75 Å². The van der Waals surface area contributed by atoms with Gasteiger partial charge in [-0.15, -0.1) is 5.06 Å². The molecule has 1 aliphatic heterocycles. The van der Waals surface area contributed by atoms with E-state index in [1.807, 2.05) is 13.8 Å². The highest BCUT2D eigenvalue weighted by molar-refractivity contribution is 6.43. The van der Waals surface area contributed by atoms with Gasteiger partial charge in [-0.1, -0.05) is 34.8 Å². The number of nitrogens with two attached hydrogens (primary N) is 2. The van der Waals surface area contributed by atoms with Crippen LogP contribution in [0.2, 0.25) is 15.1 Å². The molecule has 0 spiro atoms. The monoisotopic (exact) mass is 395 g/mol. The Morgan fingerprint density at radius 2 is 1.83 bits per heavy atom. The molecule has 1 aromatic carbocycles. The van der Waals surface area contributed by atoms with E-state index in [2.05, 4.69) is 4.99 Å². The third-order valence-corrected chi connectivity index (χ3v) is 4.36. The molecule has 0 saturated heterocycles. The summed E-state index contributed by atoms with van der Waals surface area (Å²) in [5.74, 6) is 6.49. The van der Waals surface area contributed by atoms with Crippen LogP contribution in [0.25, 0.3) is 0 Å². The maximum atomic E-state index is 6.05. The normalized spacial score (nSPS) is 17.8. The molecule has 0 radical (unpaired) electrons. The van der Waals surface area contributed by atoms with Gasteiger partial charge in [-0.25, -0.2) is 10.8 Å². The zero-order valence-corrected chi connectivity index (χ0v) is 15.7. The molecule has 0 atom stereocenters. The summed E-state index contributed by atoms with van der Waals surface area (Å²) in [6, 6.07) is 3.14. The minimum Gasteiger partial charge on any atom is -0.492 e. The minimum atomic E-state index is -0.589. The molecule has 4 N–H and O–H groups in total. The highest BCUT2D eigenvalue weighted by atomic mass is 35.5. The fourth-order valence-corrected chi connectivity index (χ4v) is 2.61. The van der Waals surface area contributed by atoms with E-state index in [4.69, 9.17) is 56.0 Å². The third-order valence-electron chi connectivity index (χ3n) is 3.34. The summed E-state index contributed by atoms with van der Waals surface area (Å²) in [5.41, 5.74) is 5.12. The first-order valence-electron chi connectivity index (χ1n) is 7.26. The van der Waals surface area contributed by atoms with Crippen molar-refractivity contribution in [1.82, 2.24) is 10.1 Å². The molecule has 0 bridgehead atoms. The van der Waals surface area contributed by atoms with Gasteiger partial charge in [0.05, 0.1) is 28.3 Å². The first-order chi connectivity index (χ1) is 11.2. The van der Waals surface area contributed by atoms with Gasteiger partial charge in [0, 0.05) is 12.5 Å². The van der Waals surface area contributed by atoms with Gasteiger partial charge >= 0.3 is 0 Å². The van der Waals surface area contributed by atoms with Crippen molar-refractivity contribution in [3.63, 3.8) is 0 Å². The van der Waals surface area contributed by atoms with E-state index >= 15 is 0 Å². The van der Waals surface area contributed by atoms with Crippen molar-refractivity contribution >= 4 is 40.8 Å². The lowest BCUT2D eigenvalue weighted by Gasteiger charge is -2.40. The molecule has 1 heterocycles. The molecule has 10 heteroatoms. The predicted octanol–water partition coefficient (Wildman–Crippen LogP) is 2.85. The highest BCUT2D eigenvalue weighted by Gasteiger charge is 2.33. The largest absolute Gasteiger partial charge is 0.492 e. The van der Waals surface area contributed by atoms with Crippen molar-refractivity contribution in [2.45, 2.75) is 25.9 Å². The second kappa shape index (κ2) is 7.95. The van der Waals surface area contributed by atoms with Gasteiger partial charge in [0.15, 0.2) is 0 Å². The molecule has 24 heavy (non-hydrogen) atoms. The number of hydrazine groups is 1. The lowest BCUT2D eigenvalue weighted by molar-refractivity contribution is -0.234. The Labute approximate surface area is 156 Å². The number of guanidine groups is 1. The zero-order chi connectivity index (χ0) is 17.9. The highest BCUT2D eigenvalue weighted by Crippen LogP contribution is 2.33. The minimum absolute atomic E-state index is 0.275. The number of aliphatic imine (C=N–C) groups is 1. The molecule has 0 aliphatic carbocycles. The maximum absolute atomic E-state index is 6.05. The first kappa shape index (κ1) is 19.4. The van der Waals surface area contributed by atoms with Gasteiger partial charge in [-0.05, 0) is 19.9 Å². The van der Waals surface area contributed by atoms with Crippen molar-refractivity contribution < 1.29 is 9.57 Å². The molecule has 0 amide bonds. The number of hydrogen-bond acceptors (Lipinski definition) is 7. The Morgan fingerprint density at radius 1 is 1.17 bits per heavy atom. The van der Waals surface area contributed by atoms with Gasteiger partial charge in [-0.2, -0.15) is 0 Å². The standard InChI is InChI=1S/C14H20Cl3N5O2/c1-14(2)20-13(18)21(19)8-22(14)24-5-3-4-23-12-7-10(16)9(15)6-11(12)17/h6-7H,3-5,8,19H2,1-2H3,(H2,18,20). The van der Waals surface area contributed by atoms with Crippen LogP contribution in [0, 0.1) is 0 Å². The van der Waals surface area contributed by atoms with Gasteiger partial charge in [0.1, 0.15) is 18.1 Å². The van der Waals surface area contributed by atoms with Crippen LogP contribution in [0.4, 0.5) is 0 Å². The Morgan fingerprint density at radius 3 is 2.54 bits per heavy atom. The number of benzene rings is 1. The second-order valence-electron chi connectivity index (χ2n) is 5.69. The predicted molar refractivity (Wildman–Crippen MR) is 96.0 cm³/mol. The van der Waals surface area contributed by atoms with E-state index in [0.29, 0.717) is 47.1 Å². The lowest BCUT2D eigenvalue weighted by Crippen LogP contribution is -2.59. The molecular formula is C14H20Cl3N5O2. The van der Waals surface area contributed by atoms with Crippen LogP contribution in [0.15, 0.2) is 17.1 Å². The first-order valence-corrected chi connectivity index (χ1v) is 8.39. The molecular weight excluding hydrogens is 377 g/mol. The molecule has 0 unspecified atom stereocenters. The quantitative estimate of drug-likeness (QED) is 0.436. The number of hydroxylamine groups is 2. The van der Waals surface area contributed by atoms with Crippen molar-refractivity contribution in [3.8, 4) is 5.75 Å². The van der Waals surface area contributed by atoms with E-state index in [1.54, 1.807) is 17.2 Å². The van der Waals surface area contributed by atoms with E-state index in [1.165, 1.54) is 5.01 Å². The molecule has 1 aliphatic rings.